The summed E-state index contributed by atoms with van der Waals surface area (Å²) in [6.07, 6.45) is 5.17. The predicted molar refractivity (Wildman–Crippen MR) is 292 cm³/mol. The zero-order chi connectivity index (χ0) is 57.8. The largest absolute Gasteiger partial charge is 0.493 e. The molecule has 3 aromatic rings. The molecule has 428 valence electrons. The number of hydrogen-bond acceptors (Lipinski definition) is 15. The molecule has 0 bridgehead atoms. The van der Waals surface area contributed by atoms with E-state index in [1.165, 1.54) is 31.3 Å². The molecule has 3 unspecified atom stereocenters. The fourth-order valence-electron chi connectivity index (χ4n) is 9.60. The van der Waals surface area contributed by atoms with Crippen LogP contribution in [0.4, 0.5) is 26.7 Å². The first kappa shape index (κ1) is 59.0. The van der Waals surface area contributed by atoms with Gasteiger partial charge < -0.3 is 70.7 Å². The van der Waals surface area contributed by atoms with Crippen LogP contribution in [0.1, 0.15) is 112 Å². The van der Waals surface area contributed by atoms with E-state index in [2.05, 4.69) is 26.3 Å². The quantitative estimate of drug-likeness (QED) is 0.0505. The SMILES string of the molecule is COc1cc2c(cc1OCCCCCOc1cc3c(cc1OC)C(=O)N1C=C(C)CC1C(O)N3C(=O)OCc1ccc(NC(=O)[C@H](CCCNC(N)=O)NC(=O)[C@@H](NC(=O)CCC(=O)O)C(C)C)cc1)N=CC1CC(C)=CN1C2=O. The highest BCUT2D eigenvalue weighted by molar-refractivity contribution is 6.07. The molecule has 5 atom stereocenters. The summed E-state index contributed by atoms with van der Waals surface area (Å²) in [6.45, 7) is 7.51. The van der Waals surface area contributed by atoms with E-state index >= 15 is 0 Å². The Morgan fingerprint density at radius 3 is 2.06 bits per heavy atom. The zero-order valence-corrected chi connectivity index (χ0v) is 45.6. The Kier molecular flexibility index (Phi) is 19.8. The van der Waals surface area contributed by atoms with E-state index in [0.717, 1.165) is 22.5 Å². The number of carboxylic acids is 1. The number of urea groups is 1. The molecule has 4 aliphatic heterocycles. The van der Waals surface area contributed by atoms with Crippen molar-refractivity contribution < 1.29 is 72.3 Å². The van der Waals surface area contributed by atoms with Crippen molar-refractivity contribution in [2.45, 2.75) is 122 Å². The number of aliphatic hydroxyl groups is 1. The van der Waals surface area contributed by atoms with Crippen LogP contribution in [-0.2, 0) is 30.5 Å². The third kappa shape index (κ3) is 14.5. The molecule has 0 aliphatic carbocycles. The average molecular weight is 1110 g/mol. The molecule has 80 heavy (non-hydrogen) atoms. The van der Waals surface area contributed by atoms with Crippen LogP contribution >= 0.6 is 0 Å². The third-order valence-electron chi connectivity index (χ3n) is 13.8. The number of fused-ring (bicyclic) bond motifs is 4. The third-order valence-corrected chi connectivity index (χ3v) is 13.8. The van der Waals surface area contributed by atoms with Crippen molar-refractivity contribution in [2.75, 3.05) is 44.2 Å². The molecule has 8 amide bonds. The Morgan fingerprint density at radius 1 is 0.775 bits per heavy atom. The van der Waals surface area contributed by atoms with Gasteiger partial charge in [-0.05, 0) is 94.5 Å². The Hall–Kier alpha value is -8.67. The van der Waals surface area contributed by atoms with Gasteiger partial charge in [0.15, 0.2) is 29.2 Å². The van der Waals surface area contributed by atoms with Gasteiger partial charge in [-0.2, -0.15) is 0 Å². The summed E-state index contributed by atoms with van der Waals surface area (Å²) >= 11 is 0. The molecule has 3 aromatic carbocycles. The minimum Gasteiger partial charge on any atom is -0.493 e. The van der Waals surface area contributed by atoms with Crippen molar-refractivity contribution in [3.05, 3.63) is 88.8 Å². The lowest BCUT2D eigenvalue weighted by Gasteiger charge is -2.31. The number of aliphatic hydroxyl groups excluding tert-OH is 1. The maximum absolute atomic E-state index is 14.2. The number of anilines is 2. The van der Waals surface area contributed by atoms with E-state index in [-0.39, 0.29) is 80.1 Å². The van der Waals surface area contributed by atoms with Gasteiger partial charge in [0.25, 0.3) is 11.8 Å². The van der Waals surface area contributed by atoms with Gasteiger partial charge in [-0.1, -0.05) is 37.1 Å². The van der Waals surface area contributed by atoms with Gasteiger partial charge in [-0.15, -0.1) is 0 Å². The topological polar surface area (TPSA) is 319 Å². The van der Waals surface area contributed by atoms with Crippen LogP contribution in [0.5, 0.6) is 23.0 Å². The fourth-order valence-corrected chi connectivity index (χ4v) is 9.60. The maximum atomic E-state index is 14.2. The number of nitrogens with one attached hydrogen (secondary N) is 4. The zero-order valence-electron chi connectivity index (χ0n) is 45.6. The Labute approximate surface area is 462 Å². The second kappa shape index (κ2) is 26.8. The minimum atomic E-state index is -1.55. The van der Waals surface area contributed by atoms with Crippen LogP contribution in [0.2, 0.25) is 0 Å². The van der Waals surface area contributed by atoms with Gasteiger partial charge in [0.1, 0.15) is 18.7 Å². The highest BCUT2D eigenvalue weighted by Crippen LogP contribution is 2.43. The monoisotopic (exact) mass is 1110 g/mol. The molecular formula is C56H69N9O15. The van der Waals surface area contributed by atoms with Crippen LogP contribution in [0.3, 0.4) is 0 Å². The Balaban J connectivity index is 0.978. The number of amides is 8. The van der Waals surface area contributed by atoms with E-state index < -0.39 is 78.4 Å². The first-order chi connectivity index (χ1) is 38.3. The molecule has 4 aliphatic rings. The smallest absolute Gasteiger partial charge is 0.416 e. The van der Waals surface area contributed by atoms with Crippen LogP contribution in [0.25, 0.3) is 0 Å². The van der Waals surface area contributed by atoms with E-state index in [1.54, 1.807) is 67.6 Å². The average Bonchev–Trinajstić information content (AvgIpc) is 4.00. The van der Waals surface area contributed by atoms with E-state index in [4.69, 9.17) is 34.5 Å². The molecule has 24 nitrogen and oxygen atoms in total. The van der Waals surface area contributed by atoms with Crippen LogP contribution < -0.4 is 50.8 Å². The number of aliphatic imine (C=N–C) groups is 1. The number of benzene rings is 3. The highest BCUT2D eigenvalue weighted by Gasteiger charge is 2.45. The molecule has 0 spiro atoms. The summed E-state index contributed by atoms with van der Waals surface area (Å²) < 4.78 is 29.4. The summed E-state index contributed by atoms with van der Waals surface area (Å²) in [7, 11) is 2.94. The molecule has 4 heterocycles. The summed E-state index contributed by atoms with van der Waals surface area (Å²) in [6, 6.07) is 8.60. The van der Waals surface area contributed by atoms with Crippen molar-refractivity contribution in [3.63, 3.8) is 0 Å². The normalized spacial score (nSPS) is 17.8. The van der Waals surface area contributed by atoms with Crippen molar-refractivity contribution in [2.24, 2.45) is 16.6 Å². The molecule has 24 heteroatoms. The number of nitrogens with two attached hydrogens (primary N) is 1. The Bertz CT molecular complexity index is 2940. The number of carboxylic acid groups (broad SMARTS) is 1. The van der Waals surface area contributed by atoms with Gasteiger partial charge in [-0.25, -0.2) is 14.5 Å². The van der Waals surface area contributed by atoms with E-state index in [1.807, 2.05) is 20.0 Å². The minimum absolute atomic E-state index is 0.0373. The summed E-state index contributed by atoms with van der Waals surface area (Å²) in [5, 5.41) is 31.3. The number of carbonyl (C=O) groups is 8. The van der Waals surface area contributed by atoms with E-state index in [9.17, 15) is 43.5 Å². The number of ether oxygens (including phenoxy) is 5. The molecule has 0 aromatic heterocycles. The molecule has 8 N–H and O–H groups in total. The van der Waals surface area contributed by atoms with Gasteiger partial charge in [-0.3, -0.25) is 33.8 Å². The lowest BCUT2D eigenvalue weighted by atomic mass is 10.0. The molecule has 0 saturated heterocycles. The molecule has 0 fully saturated rings. The number of carbonyl (C=O) groups excluding carboxylic acids is 7. The summed E-state index contributed by atoms with van der Waals surface area (Å²) in [5.41, 5.74) is 8.92. The number of primary amides is 1. The number of aliphatic carboxylic acids is 1. The molecular weight excluding hydrogens is 1040 g/mol. The van der Waals surface area contributed by atoms with Gasteiger partial charge >= 0.3 is 18.1 Å². The first-order valence-corrected chi connectivity index (χ1v) is 26.4. The Morgan fingerprint density at radius 2 is 1.41 bits per heavy atom. The lowest BCUT2D eigenvalue weighted by Crippen LogP contribution is -2.54. The standard InChI is InChI=1S/C56H69N9O15/c1-31(2)49(62-47(66)16-17-48(67)68)51(70)61-39(11-10-18-58-55(57)74)50(69)60-35-14-12-34(13-15-35)30-80-56(75)65-41-26-46(44(77-6)24-38(41)53(72)64-29-33(4)22-42(64)54(65)73)79-20-9-7-8-19-78-45-25-40-37(23-43(45)76-5)52(71)63-28-32(3)21-36(63)27-59-40/h12-15,23-29,31,36,39,42,49,54,73H,7-11,16-22,30H2,1-6H3,(H,60,69)(H,61,70)(H,62,66)(H,67,68)(H3,57,58,74)/t36?,39-,42?,49-,54?/m0/s1. The van der Waals surface area contributed by atoms with Gasteiger partial charge in [0.05, 0.1) is 68.4 Å². The second-order valence-corrected chi connectivity index (χ2v) is 20.2. The number of methoxy groups -OCH3 is 2. The highest BCUT2D eigenvalue weighted by atomic mass is 16.6. The van der Waals surface area contributed by atoms with Crippen molar-refractivity contribution in [1.29, 1.82) is 0 Å². The predicted octanol–water partition coefficient (Wildman–Crippen LogP) is 5.64. The van der Waals surface area contributed by atoms with Crippen molar-refractivity contribution in [3.8, 4) is 23.0 Å². The van der Waals surface area contributed by atoms with Crippen molar-refractivity contribution in [1.82, 2.24) is 25.8 Å². The van der Waals surface area contributed by atoms with Gasteiger partial charge in [0, 0.05) is 49.4 Å². The first-order valence-electron chi connectivity index (χ1n) is 26.4. The number of rotatable bonds is 25. The number of hydrogen-bond donors (Lipinski definition) is 7. The van der Waals surface area contributed by atoms with Gasteiger partial charge in [0.2, 0.25) is 17.7 Å². The van der Waals surface area contributed by atoms with Crippen LogP contribution in [0, 0.1) is 5.92 Å². The number of nitrogens with zero attached hydrogens (tertiary/aromatic N) is 4. The molecule has 0 radical (unpaired) electrons. The molecule has 7 rings (SSSR count). The maximum Gasteiger partial charge on any atom is 0.416 e. The second-order valence-electron chi connectivity index (χ2n) is 20.2. The van der Waals surface area contributed by atoms with E-state index in [0.29, 0.717) is 59.9 Å². The fraction of sp³-hybridized carbons (Fsp3) is 0.446. The number of unbranched alkanes of at least 4 members (excludes halogenated alkanes) is 2. The van der Waals surface area contributed by atoms with Crippen LogP contribution in [0.15, 0.2) is 77.1 Å². The van der Waals surface area contributed by atoms with Crippen molar-refractivity contribution >= 4 is 70.9 Å². The summed E-state index contributed by atoms with van der Waals surface area (Å²) in [5.74, 6) is -2.88. The lowest BCUT2D eigenvalue weighted by molar-refractivity contribution is -0.139. The molecule has 0 saturated carbocycles. The summed E-state index contributed by atoms with van der Waals surface area (Å²) in [4.78, 5) is 112. The van der Waals surface area contributed by atoms with Crippen LogP contribution in [-0.4, -0.2) is 138 Å².